The fraction of sp³-hybridized carbons (Fsp3) is 0.412. The molecule has 1 heterocycles. The summed E-state index contributed by atoms with van der Waals surface area (Å²) in [6.07, 6.45) is 2.76. The Morgan fingerprint density at radius 3 is 2.77 bits per heavy atom. The van der Waals surface area contributed by atoms with Crippen LogP contribution in [0.1, 0.15) is 29.3 Å². The van der Waals surface area contributed by atoms with E-state index in [0.29, 0.717) is 19.0 Å². The summed E-state index contributed by atoms with van der Waals surface area (Å²) >= 11 is 1.60. The molecule has 2 rings (SSSR count). The van der Waals surface area contributed by atoms with Crippen molar-refractivity contribution < 1.29 is 17.9 Å². The largest absolute Gasteiger partial charge is 0.434 e. The van der Waals surface area contributed by atoms with Crippen molar-refractivity contribution in [2.75, 3.05) is 6.54 Å². The molecule has 0 bridgehead atoms. The summed E-state index contributed by atoms with van der Waals surface area (Å²) < 4.78 is 43.3. The maximum atomic E-state index is 14.0. The van der Waals surface area contributed by atoms with Crippen molar-refractivity contribution in [2.45, 2.75) is 40.0 Å². The van der Waals surface area contributed by atoms with Gasteiger partial charge >= 0.3 is 6.61 Å². The van der Waals surface area contributed by atoms with Crippen molar-refractivity contribution >= 4 is 17.3 Å². The molecule has 1 aromatic heterocycles. The molecule has 0 aliphatic heterocycles. The molecule has 0 aliphatic rings. The molecule has 0 spiro atoms. The van der Waals surface area contributed by atoms with Gasteiger partial charge in [0.25, 0.3) is 0 Å². The van der Waals surface area contributed by atoms with Crippen molar-refractivity contribution in [3.63, 3.8) is 0 Å². The van der Waals surface area contributed by atoms with Crippen LogP contribution in [0.4, 0.5) is 13.2 Å². The van der Waals surface area contributed by atoms with Gasteiger partial charge in [-0.15, -0.1) is 11.3 Å². The molecule has 0 fully saturated rings. The molecule has 9 heteroatoms. The number of hydrogen-bond acceptors (Lipinski definition) is 4. The van der Waals surface area contributed by atoms with E-state index < -0.39 is 12.4 Å². The number of halogens is 3. The van der Waals surface area contributed by atoms with Crippen molar-refractivity contribution in [1.82, 2.24) is 15.6 Å². The van der Waals surface area contributed by atoms with E-state index in [1.54, 1.807) is 11.3 Å². The molecule has 0 aliphatic carbocycles. The molecular weight excluding hydrogens is 365 g/mol. The quantitative estimate of drug-likeness (QED) is 0.537. The molecule has 0 unspecified atom stereocenters. The Balaban J connectivity index is 2.08. The van der Waals surface area contributed by atoms with Gasteiger partial charge in [-0.1, -0.05) is 13.0 Å². The Morgan fingerprint density at radius 1 is 1.31 bits per heavy atom. The summed E-state index contributed by atoms with van der Waals surface area (Å²) in [6, 6.07) is 3.80. The van der Waals surface area contributed by atoms with Crippen LogP contribution in [-0.2, 0) is 19.5 Å². The lowest BCUT2D eigenvalue weighted by molar-refractivity contribution is -0.0506. The van der Waals surface area contributed by atoms with Gasteiger partial charge in [-0.25, -0.2) is 14.4 Å². The molecule has 0 amide bonds. The third-order valence-electron chi connectivity index (χ3n) is 3.39. The maximum Gasteiger partial charge on any atom is 0.387 e. The number of nitrogens with zero attached hydrogens (tertiary/aromatic N) is 2. The molecule has 0 saturated heterocycles. The summed E-state index contributed by atoms with van der Waals surface area (Å²) in [6.45, 7) is 1.86. The number of aryl methyl sites for hydroxylation is 1. The lowest BCUT2D eigenvalue weighted by atomic mass is 10.2. The van der Waals surface area contributed by atoms with Crippen LogP contribution >= 0.6 is 11.3 Å². The van der Waals surface area contributed by atoms with E-state index in [9.17, 15) is 13.2 Å². The Hall–Kier alpha value is -2.29. The Labute approximate surface area is 154 Å². The van der Waals surface area contributed by atoms with E-state index in [1.807, 2.05) is 13.1 Å². The molecule has 5 nitrogen and oxygen atoms in total. The van der Waals surface area contributed by atoms with Gasteiger partial charge in [0, 0.05) is 17.6 Å². The first-order valence-electron chi connectivity index (χ1n) is 8.21. The Bertz CT molecular complexity index is 737. The molecule has 2 aromatic rings. The number of ether oxygens (including phenoxy) is 1. The second kappa shape index (κ2) is 10.0. The number of nitrogens with one attached hydrogen (secondary N) is 2. The highest BCUT2D eigenvalue weighted by Crippen LogP contribution is 2.24. The smallest absolute Gasteiger partial charge is 0.387 e. The fourth-order valence-electron chi connectivity index (χ4n) is 2.15. The maximum absolute atomic E-state index is 14.0. The molecule has 2 N–H and O–H groups in total. The van der Waals surface area contributed by atoms with E-state index in [4.69, 9.17) is 0 Å². The predicted octanol–water partition coefficient (Wildman–Crippen LogP) is 3.70. The summed E-state index contributed by atoms with van der Waals surface area (Å²) in [5.41, 5.74) is -0.0208. The molecular formula is C17H21F3N4OS. The SMILES string of the molecule is CCNC(=NCc1c(F)cccc1OC(F)F)NCc1ncc(CC)s1. The van der Waals surface area contributed by atoms with E-state index in [2.05, 4.69) is 32.3 Å². The third kappa shape index (κ3) is 5.91. The van der Waals surface area contributed by atoms with E-state index in [0.717, 1.165) is 11.4 Å². The molecule has 142 valence electrons. The van der Waals surface area contributed by atoms with Gasteiger partial charge in [-0.3, -0.25) is 0 Å². The number of rotatable bonds is 8. The van der Waals surface area contributed by atoms with Gasteiger partial charge < -0.3 is 15.4 Å². The van der Waals surface area contributed by atoms with Crippen LogP contribution in [0.5, 0.6) is 5.75 Å². The minimum Gasteiger partial charge on any atom is -0.434 e. The normalized spacial score (nSPS) is 11.7. The average Bonchev–Trinajstić information content (AvgIpc) is 3.06. The second-order valence-corrected chi connectivity index (χ2v) is 6.42. The zero-order chi connectivity index (χ0) is 18.9. The number of thiazole rings is 1. The zero-order valence-corrected chi connectivity index (χ0v) is 15.4. The number of aliphatic imine (C=N–C) groups is 1. The van der Waals surface area contributed by atoms with E-state index >= 15 is 0 Å². The highest BCUT2D eigenvalue weighted by atomic mass is 32.1. The van der Waals surface area contributed by atoms with Gasteiger partial charge in [-0.05, 0) is 25.5 Å². The van der Waals surface area contributed by atoms with Gasteiger partial charge in [0.15, 0.2) is 5.96 Å². The third-order valence-corrected chi connectivity index (χ3v) is 4.53. The summed E-state index contributed by atoms with van der Waals surface area (Å²) in [4.78, 5) is 9.75. The van der Waals surface area contributed by atoms with Crippen LogP contribution in [0.3, 0.4) is 0 Å². The molecule has 0 saturated carbocycles. The zero-order valence-electron chi connectivity index (χ0n) is 14.6. The van der Waals surface area contributed by atoms with Crippen LogP contribution in [0.2, 0.25) is 0 Å². The van der Waals surface area contributed by atoms with Gasteiger partial charge in [0.1, 0.15) is 16.6 Å². The van der Waals surface area contributed by atoms with Crippen LogP contribution in [0.15, 0.2) is 29.4 Å². The van der Waals surface area contributed by atoms with Gasteiger partial charge in [0.05, 0.1) is 18.7 Å². The first-order chi connectivity index (χ1) is 12.5. The van der Waals surface area contributed by atoms with E-state index in [1.165, 1.54) is 23.1 Å². The molecule has 26 heavy (non-hydrogen) atoms. The monoisotopic (exact) mass is 386 g/mol. The first-order valence-corrected chi connectivity index (χ1v) is 9.03. The molecule has 0 atom stereocenters. The summed E-state index contributed by atoms with van der Waals surface area (Å²) in [5.74, 6) is -0.422. The van der Waals surface area contributed by atoms with E-state index in [-0.39, 0.29) is 17.9 Å². The standard InChI is InChI=1S/C17H21F3N4OS/c1-3-11-8-22-15(26-11)10-24-17(21-4-2)23-9-12-13(18)6-5-7-14(12)25-16(19)20/h5-8,16H,3-4,9-10H2,1-2H3,(H2,21,23,24). The number of alkyl halides is 2. The minimum atomic E-state index is -3.02. The van der Waals surface area contributed by atoms with Crippen LogP contribution in [-0.4, -0.2) is 24.1 Å². The highest BCUT2D eigenvalue weighted by Gasteiger charge is 2.13. The fourth-order valence-corrected chi connectivity index (χ4v) is 2.95. The van der Waals surface area contributed by atoms with Crippen LogP contribution in [0.25, 0.3) is 0 Å². The Morgan fingerprint density at radius 2 is 2.12 bits per heavy atom. The van der Waals surface area contributed by atoms with Gasteiger partial charge in [0.2, 0.25) is 0 Å². The predicted molar refractivity (Wildman–Crippen MR) is 96.2 cm³/mol. The number of hydrogen-bond donors (Lipinski definition) is 2. The van der Waals surface area contributed by atoms with Gasteiger partial charge in [-0.2, -0.15) is 8.78 Å². The van der Waals surface area contributed by atoms with Crippen molar-refractivity contribution in [1.29, 1.82) is 0 Å². The summed E-state index contributed by atoms with van der Waals surface area (Å²) in [7, 11) is 0. The number of aromatic nitrogens is 1. The molecule has 1 aromatic carbocycles. The van der Waals surface area contributed by atoms with Crippen molar-refractivity contribution in [2.24, 2.45) is 4.99 Å². The lowest BCUT2D eigenvalue weighted by Gasteiger charge is -2.12. The lowest BCUT2D eigenvalue weighted by Crippen LogP contribution is -2.36. The summed E-state index contributed by atoms with van der Waals surface area (Å²) in [5, 5.41) is 7.03. The number of guanidine groups is 1. The van der Waals surface area contributed by atoms with Crippen LogP contribution < -0.4 is 15.4 Å². The highest BCUT2D eigenvalue weighted by molar-refractivity contribution is 7.11. The number of benzene rings is 1. The average molecular weight is 386 g/mol. The van der Waals surface area contributed by atoms with Crippen molar-refractivity contribution in [3.8, 4) is 5.75 Å². The second-order valence-electron chi connectivity index (χ2n) is 5.22. The first kappa shape index (κ1) is 20.0. The molecule has 0 radical (unpaired) electrons. The minimum absolute atomic E-state index is 0.0208. The Kier molecular flexibility index (Phi) is 7.71. The topological polar surface area (TPSA) is 58.5 Å². The van der Waals surface area contributed by atoms with Crippen LogP contribution in [0, 0.1) is 5.82 Å². The van der Waals surface area contributed by atoms with Crippen molar-refractivity contribution in [3.05, 3.63) is 45.7 Å².